The van der Waals surface area contributed by atoms with Gasteiger partial charge < -0.3 is 5.73 Å². The molecule has 2 N–H and O–H groups in total. The zero-order valence-electron chi connectivity index (χ0n) is 12.2. The number of primary amides is 1. The van der Waals surface area contributed by atoms with Crippen LogP contribution in [0.1, 0.15) is 80.0 Å². The number of rotatable bonds is 4. The molecule has 2 unspecified atom stereocenters. The zero-order chi connectivity index (χ0) is 14.2. The second kappa shape index (κ2) is 5.47. The number of hydrogen-bond donors (Lipinski definition) is 1. The van der Waals surface area contributed by atoms with Crippen LogP contribution in [0.25, 0.3) is 0 Å². The molecular weight excluding hydrogens is 268 g/mol. The first-order valence-electron chi connectivity index (χ1n) is 7.93. The molecule has 2 saturated carbocycles. The van der Waals surface area contributed by atoms with Gasteiger partial charge in [0.1, 0.15) is 0 Å². The van der Waals surface area contributed by atoms with Crippen molar-refractivity contribution >= 4 is 17.2 Å². The molecule has 2 aliphatic rings. The smallest absolute Gasteiger partial charge is 0.224 e. The number of carbonyl (C=O) groups is 1. The highest BCUT2D eigenvalue weighted by Gasteiger charge is 2.51. The number of amides is 1. The Kier molecular flexibility index (Phi) is 3.85. The molecule has 1 aromatic heterocycles. The van der Waals surface area contributed by atoms with Gasteiger partial charge in [0.15, 0.2) is 0 Å². The van der Waals surface area contributed by atoms with E-state index in [-0.39, 0.29) is 11.3 Å². The fraction of sp³-hybridized carbons (Fsp3) is 0.750. The summed E-state index contributed by atoms with van der Waals surface area (Å²) in [6.07, 6.45) is 11.5. The van der Waals surface area contributed by atoms with Crippen molar-refractivity contribution in [3.05, 3.63) is 16.1 Å². The molecule has 1 heterocycles. The first-order chi connectivity index (χ1) is 9.67. The summed E-state index contributed by atoms with van der Waals surface area (Å²) in [4.78, 5) is 17.8. The van der Waals surface area contributed by atoms with Crippen LogP contribution >= 0.6 is 11.3 Å². The highest BCUT2D eigenvalue weighted by atomic mass is 32.1. The Bertz CT molecular complexity index is 488. The molecule has 2 atom stereocenters. The van der Waals surface area contributed by atoms with Crippen LogP contribution in [-0.2, 0) is 4.79 Å². The molecule has 4 heteroatoms. The monoisotopic (exact) mass is 292 g/mol. The lowest BCUT2D eigenvalue weighted by Gasteiger charge is -2.46. The van der Waals surface area contributed by atoms with Crippen molar-refractivity contribution in [3.8, 4) is 0 Å². The average molecular weight is 292 g/mol. The van der Waals surface area contributed by atoms with E-state index in [1.165, 1.54) is 42.0 Å². The van der Waals surface area contributed by atoms with Gasteiger partial charge in [0, 0.05) is 22.9 Å². The number of carbonyl (C=O) groups excluding carboxylic acids is 1. The Hall–Kier alpha value is -0.900. The summed E-state index contributed by atoms with van der Waals surface area (Å²) in [6, 6.07) is 0. The van der Waals surface area contributed by atoms with E-state index in [9.17, 15) is 4.79 Å². The highest BCUT2D eigenvalue weighted by Crippen LogP contribution is 2.56. The molecule has 1 amide bonds. The number of hydrogen-bond acceptors (Lipinski definition) is 3. The van der Waals surface area contributed by atoms with Crippen LogP contribution in [0.3, 0.4) is 0 Å². The summed E-state index contributed by atoms with van der Waals surface area (Å²) in [5, 5.41) is 1.29. The molecule has 20 heavy (non-hydrogen) atoms. The van der Waals surface area contributed by atoms with E-state index in [4.69, 9.17) is 5.73 Å². The predicted molar refractivity (Wildman–Crippen MR) is 81.8 cm³/mol. The SMILES string of the molecule is CCC1(C(N)=O)CCC1c1cnc(C2CCCCC2)s1. The third-order valence-electron chi connectivity index (χ3n) is 5.51. The van der Waals surface area contributed by atoms with Crippen molar-refractivity contribution in [1.82, 2.24) is 4.98 Å². The third-order valence-corrected chi connectivity index (χ3v) is 6.78. The second-order valence-electron chi connectivity index (χ2n) is 6.40. The molecule has 0 bridgehead atoms. The molecule has 0 aliphatic heterocycles. The van der Waals surface area contributed by atoms with Crippen molar-refractivity contribution in [3.63, 3.8) is 0 Å². The maximum atomic E-state index is 11.8. The Morgan fingerprint density at radius 2 is 2.15 bits per heavy atom. The Labute approximate surface area is 125 Å². The van der Waals surface area contributed by atoms with E-state index in [1.54, 1.807) is 0 Å². The highest BCUT2D eigenvalue weighted by molar-refractivity contribution is 7.11. The van der Waals surface area contributed by atoms with Gasteiger partial charge in [0.05, 0.1) is 10.4 Å². The third kappa shape index (κ3) is 2.18. The lowest BCUT2D eigenvalue weighted by Crippen LogP contribution is -2.48. The minimum atomic E-state index is -0.295. The number of nitrogens with two attached hydrogens (primary N) is 1. The van der Waals surface area contributed by atoms with Crippen molar-refractivity contribution in [2.75, 3.05) is 0 Å². The lowest BCUT2D eigenvalue weighted by molar-refractivity contribution is -0.134. The summed E-state index contributed by atoms with van der Waals surface area (Å²) in [6.45, 7) is 2.08. The summed E-state index contributed by atoms with van der Waals surface area (Å²) < 4.78 is 0. The van der Waals surface area contributed by atoms with Gasteiger partial charge in [-0.15, -0.1) is 11.3 Å². The van der Waals surface area contributed by atoms with Crippen molar-refractivity contribution in [1.29, 1.82) is 0 Å². The van der Waals surface area contributed by atoms with E-state index >= 15 is 0 Å². The quantitative estimate of drug-likeness (QED) is 0.913. The Morgan fingerprint density at radius 3 is 2.70 bits per heavy atom. The van der Waals surface area contributed by atoms with Crippen LogP contribution in [0.2, 0.25) is 0 Å². The predicted octanol–water partition coefficient (Wildman–Crippen LogP) is 3.95. The minimum Gasteiger partial charge on any atom is -0.369 e. The maximum Gasteiger partial charge on any atom is 0.224 e. The first kappa shape index (κ1) is 14.1. The molecule has 0 saturated heterocycles. The Morgan fingerprint density at radius 1 is 1.40 bits per heavy atom. The summed E-state index contributed by atoms with van der Waals surface area (Å²) in [7, 11) is 0. The van der Waals surface area contributed by atoms with Gasteiger partial charge in [-0.05, 0) is 32.1 Å². The zero-order valence-corrected chi connectivity index (χ0v) is 13.0. The molecule has 0 aromatic carbocycles. The molecule has 2 fully saturated rings. The number of nitrogens with zero attached hydrogens (tertiary/aromatic N) is 1. The minimum absolute atomic E-state index is 0.121. The second-order valence-corrected chi connectivity index (χ2v) is 7.49. The van der Waals surface area contributed by atoms with Crippen LogP contribution in [-0.4, -0.2) is 10.9 Å². The maximum absolute atomic E-state index is 11.8. The molecule has 3 nitrogen and oxygen atoms in total. The molecule has 0 spiro atoms. The van der Waals surface area contributed by atoms with Crippen LogP contribution in [0.4, 0.5) is 0 Å². The van der Waals surface area contributed by atoms with Crippen molar-refractivity contribution in [2.24, 2.45) is 11.1 Å². The van der Waals surface area contributed by atoms with Gasteiger partial charge in [0.2, 0.25) is 5.91 Å². The largest absolute Gasteiger partial charge is 0.369 e. The van der Waals surface area contributed by atoms with E-state index < -0.39 is 0 Å². The molecular formula is C16H24N2OS. The van der Waals surface area contributed by atoms with Crippen LogP contribution in [0, 0.1) is 5.41 Å². The summed E-state index contributed by atoms with van der Waals surface area (Å²) in [5.41, 5.74) is 5.37. The lowest BCUT2D eigenvalue weighted by atomic mass is 9.57. The molecule has 3 rings (SSSR count). The van der Waals surface area contributed by atoms with Crippen LogP contribution < -0.4 is 5.73 Å². The van der Waals surface area contributed by atoms with E-state index in [2.05, 4.69) is 11.9 Å². The normalized spacial score (nSPS) is 30.9. The van der Waals surface area contributed by atoms with Gasteiger partial charge in [0.25, 0.3) is 0 Å². The summed E-state index contributed by atoms with van der Waals surface area (Å²) in [5.74, 6) is 0.857. The standard InChI is InChI=1S/C16H24N2OS/c1-2-16(15(17)19)9-8-12(16)13-10-18-14(20-13)11-6-4-3-5-7-11/h10-12H,2-9H2,1H3,(H2,17,19). The van der Waals surface area contributed by atoms with Gasteiger partial charge in [-0.1, -0.05) is 26.2 Å². The van der Waals surface area contributed by atoms with Crippen LogP contribution in [0.15, 0.2) is 6.20 Å². The van der Waals surface area contributed by atoms with Crippen LogP contribution in [0.5, 0.6) is 0 Å². The fourth-order valence-corrected chi connectivity index (χ4v) is 5.28. The molecule has 0 radical (unpaired) electrons. The van der Waals surface area contributed by atoms with E-state index in [0.717, 1.165) is 19.3 Å². The van der Waals surface area contributed by atoms with Gasteiger partial charge in [-0.3, -0.25) is 4.79 Å². The van der Waals surface area contributed by atoms with Gasteiger partial charge in [-0.25, -0.2) is 4.98 Å². The summed E-state index contributed by atoms with van der Waals surface area (Å²) >= 11 is 1.84. The van der Waals surface area contributed by atoms with E-state index in [0.29, 0.717) is 11.8 Å². The average Bonchev–Trinajstić information content (AvgIpc) is 2.88. The molecule has 2 aliphatic carbocycles. The van der Waals surface area contributed by atoms with Gasteiger partial charge >= 0.3 is 0 Å². The van der Waals surface area contributed by atoms with Gasteiger partial charge in [-0.2, -0.15) is 0 Å². The molecule has 1 aromatic rings. The fourth-order valence-electron chi connectivity index (χ4n) is 3.94. The molecule has 110 valence electrons. The number of thiazole rings is 1. The first-order valence-corrected chi connectivity index (χ1v) is 8.74. The van der Waals surface area contributed by atoms with E-state index in [1.807, 2.05) is 17.5 Å². The van der Waals surface area contributed by atoms with Crippen molar-refractivity contribution in [2.45, 2.75) is 70.1 Å². The van der Waals surface area contributed by atoms with Crippen molar-refractivity contribution < 1.29 is 4.79 Å². The Balaban J connectivity index is 1.78. The topological polar surface area (TPSA) is 56.0 Å². The number of aromatic nitrogens is 1.